The highest BCUT2D eigenvalue weighted by Gasteiger charge is 2.25. The van der Waals surface area contributed by atoms with Gasteiger partial charge in [0.25, 0.3) is 0 Å². The minimum absolute atomic E-state index is 0.0981. The molecule has 2 atom stereocenters. The molecule has 0 spiro atoms. The molecule has 110 valence electrons. The number of hydrogen-bond donors (Lipinski definition) is 0. The van der Waals surface area contributed by atoms with E-state index in [9.17, 15) is 9.18 Å². The molecule has 1 aromatic carbocycles. The van der Waals surface area contributed by atoms with Crippen molar-refractivity contribution in [2.75, 3.05) is 26.7 Å². The van der Waals surface area contributed by atoms with Crippen molar-refractivity contribution in [3.63, 3.8) is 0 Å². The molecule has 5 heteroatoms. The first-order valence-corrected chi connectivity index (χ1v) is 6.74. The number of halogens is 1. The molecule has 1 aromatic rings. The number of hydrogen-bond acceptors (Lipinski definition) is 4. The molecule has 1 saturated heterocycles. The maximum atomic E-state index is 13.3. The predicted octanol–water partition coefficient (Wildman–Crippen LogP) is 2.13. The Morgan fingerprint density at radius 2 is 2.05 bits per heavy atom. The summed E-state index contributed by atoms with van der Waals surface area (Å²) in [5.41, 5.74) is 0.291. The lowest BCUT2D eigenvalue weighted by molar-refractivity contribution is -0.0652. The topological polar surface area (TPSA) is 38.8 Å². The molecule has 2 rings (SSSR count). The molecule has 20 heavy (non-hydrogen) atoms. The summed E-state index contributed by atoms with van der Waals surface area (Å²) < 4.78 is 24.1. The number of benzene rings is 1. The van der Waals surface area contributed by atoms with Crippen molar-refractivity contribution >= 4 is 5.78 Å². The molecule has 4 nitrogen and oxygen atoms in total. The van der Waals surface area contributed by atoms with Gasteiger partial charge in [0, 0.05) is 13.1 Å². The van der Waals surface area contributed by atoms with Gasteiger partial charge >= 0.3 is 0 Å². The predicted molar refractivity (Wildman–Crippen MR) is 73.7 cm³/mol. The SMILES string of the molecule is COc1ccc(F)cc1C(=O)CN1C[C@@H](C)O[C@@H](C)C1. The molecule has 0 unspecified atom stereocenters. The third-order valence-electron chi connectivity index (χ3n) is 3.32. The van der Waals surface area contributed by atoms with Crippen LogP contribution in [0.1, 0.15) is 24.2 Å². The quantitative estimate of drug-likeness (QED) is 0.793. The van der Waals surface area contributed by atoms with Gasteiger partial charge in [-0.25, -0.2) is 4.39 Å². The summed E-state index contributed by atoms with van der Waals surface area (Å²) in [4.78, 5) is 14.4. The average Bonchev–Trinajstić information content (AvgIpc) is 2.37. The second-order valence-electron chi connectivity index (χ2n) is 5.22. The number of rotatable bonds is 4. The zero-order valence-electron chi connectivity index (χ0n) is 12.1. The van der Waals surface area contributed by atoms with Gasteiger partial charge in [0.05, 0.1) is 31.4 Å². The maximum Gasteiger partial charge on any atom is 0.180 e. The first kappa shape index (κ1) is 14.9. The highest BCUT2D eigenvalue weighted by atomic mass is 19.1. The van der Waals surface area contributed by atoms with E-state index in [0.29, 0.717) is 24.4 Å². The third kappa shape index (κ3) is 3.55. The van der Waals surface area contributed by atoms with Crippen molar-refractivity contribution in [3.05, 3.63) is 29.6 Å². The summed E-state index contributed by atoms with van der Waals surface area (Å²) in [6, 6.07) is 4.00. The van der Waals surface area contributed by atoms with Crippen LogP contribution < -0.4 is 4.74 Å². The molecule has 0 amide bonds. The van der Waals surface area contributed by atoms with Crippen LogP contribution in [0.25, 0.3) is 0 Å². The Labute approximate surface area is 118 Å². The van der Waals surface area contributed by atoms with E-state index >= 15 is 0 Å². The second kappa shape index (κ2) is 6.33. The highest BCUT2D eigenvalue weighted by molar-refractivity contribution is 6.00. The van der Waals surface area contributed by atoms with Crippen LogP contribution >= 0.6 is 0 Å². The van der Waals surface area contributed by atoms with Crippen LogP contribution in [0.5, 0.6) is 5.75 Å². The van der Waals surface area contributed by atoms with Crippen molar-refractivity contribution in [3.8, 4) is 5.75 Å². The van der Waals surface area contributed by atoms with Crippen LogP contribution in [0.3, 0.4) is 0 Å². The Bertz CT molecular complexity index is 482. The van der Waals surface area contributed by atoms with Crippen molar-refractivity contribution in [2.24, 2.45) is 0 Å². The Balaban J connectivity index is 2.10. The van der Waals surface area contributed by atoms with Crippen LogP contribution in [-0.4, -0.2) is 49.6 Å². The molecule has 0 aliphatic carbocycles. The molecule has 1 fully saturated rings. The van der Waals surface area contributed by atoms with E-state index in [2.05, 4.69) is 0 Å². The number of Topliss-reactive ketones (excluding diaryl/α,β-unsaturated/α-hetero) is 1. The van der Waals surface area contributed by atoms with Crippen LogP contribution in [0.2, 0.25) is 0 Å². The van der Waals surface area contributed by atoms with E-state index in [1.54, 1.807) is 0 Å². The summed E-state index contributed by atoms with van der Waals surface area (Å²) in [6.45, 7) is 5.62. The molecule has 0 radical (unpaired) electrons. The molecule has 1 aliphatic heterocycles. The first-order valence-electron chi connectivity index (χ1n) is 6.74. The van der Waals surface area contributed by atoms with Crippen LogP contribution in [-0.2, 0) is 4.74 Å². The van der Waals surface area contributed by atoms with Crippen LogP contribution in [0, 0.1) is 5.82 Å². The molecule has 0 saturated carbocycles. The fraction of sp³-hybridized carbons (Fsp3) is 0.533. The second-order valence-corrected chi connectivity index (χ2v) is 5.22. The van der Waals surface area contributed by atoms with Gasteiger partial charge in [0.1, 0.15) is 11.6 Å². The lowest BCUT2D eigenvalue weighted by Gasteiger charge is -2.34. The number of nitrogens with zero attached hydrogens (tertiary/aromatic N) is 1. The van der Waals surface area contributed by atoms with Crippen LogP contribution in [0.15, 0.2) is 18.2 Å². The normalized spacial score (nSPS) is 23.6. The van der Waals surface area contributed by atoms with E-state index in [1.807, 2.05) is 18.7 Å². The average molecular weight is 281 g/mol. The molecule has 1 heterocycles. The number of morpholine rings is 1. The number of ether oxygens (including phenoxy) is 2. The Morgan fingerprint density at radius 3 is 2.65 bits per heavy atom. The molecular formula is C15H20FNO3. The summed E-state index contributed by atoms with van der Waals surface area (Å²) in [6.07, 6.45) is 0.196. The van der Waals surface area contributed by atoms with Gasteiger partial charge in [0.2, 0.25) is 0 Å². The standard InChI is InChI=1S/C15H20FNO3/c1-10-7-17(8-11(2)20-10)9-14(18)13-6-12(16)4-5-15(13)19-3/h4-6,10-11H,7-9H2,1-3H3/t10-,11+. The molecule has 1 aliphatic rings. The first-order chi connectivity index (χ1) is 9.49. The van der Waals surface area contributed by atoms with Gasteiger partial charge < -0.3 is 9.47 Å². The van der Waals surface area contributed by atoms with E-state index in [-0.39, 0.29) is 24.5 Å². The summed E-state index contributed by atoms with van der Waals surface area (Å²) in [5.74, 6) is -0.161. The Hall–Kier alpha value is -1.46. The minimum atomic E-state index is -0.433. The lowest BCUT2D eigenvalue weighted by atomic mass is 10.1. The number of carbonyl (C=O) groups is 1. The van der Waals surface area contributed by atoms with Gasteiger partial charge in [-0.3, -0.25) is 9.69 Å². The van der Waals surface area contributed by atoms with Gasteiger partial charge in [-0.15, -0.1) is 0 Å². The lowest BCUT2D eigenvalue weighted by Crippen LogP contribution is -2.47. The van der Waals surface area contributed by atoms with E-state index in [1.165, 1.54) is 25.3 Å². The van der Waals surface area contributed by atoms with Crippen molar-refractivity contribution in [1.82, 2.24) is 4.90 Å². The highest BCUT2D eigenvalue weighted by Crippen LogP contribution is 2.21. The summed E-state index contributed by atoms with van der Waals surface area (Å²) >= 11 is 0. The van der Waals surface area contributed by atoms with Gasteiger partial charge in [-0.2, -0.15) is 0 Å². The summed E-state index contributed by atoms with van der Waals surface area (Å²) in [7, 11) is 1.48. The fourth-order valence-corrected chi connectivity index (χ4v) is 2.60. The van der Waals surface area contributed by atoms with E-state index in [4.69, 9.17) is 9.47 Å². The van der Waals surface area contributed by atoms with E-state index < -0.39 is 5.82 Å². The third-order valence-corrected chi connectivity index (χ3v) is 3.32. The fourth-order valence-electron chi connectivity index (χ4n) is 2.60. The number of ketones is 1. The van der Waals surface area contributed by atoms with Gasteiger partial charge in [-0.1, -0.05) is 0 Å². The van der Waals surface area contributed by atoms with Crippen molar-refractivity contribution in [2.45, 2.75) is 26.1 Å². The van der Waals surface area contributed by atoms with Gasteiger partial charge in [-0.05, 0) is 32.0 Å². The van der Waals surface area contributed by atoms with Gasteiger partial charge in [0.15, 0.2) is 5.78 Å². The smallest absolute Gasteiger partial charge is 0.180 e. The van der Waals surface area contributed by atoms with Crippen molar-refractivity contribution < 1.29 is 18.7 Å². The van der Waals surface area contributed by atoms with Crippen molar-refractivity contribution in [1.29, 1.82) is 0 Å². The van der Waals surface area contributed by atoms with E-state index in [0.717, 1.165) is 0 Å². The molecule has 0 N–H and O–H groups in total. The molecule has 0 bridgehead atoms. The number of carbonyl (C=O) groups excluding carboxylic acids is 1. The molecule has 0 aromatic heterocycles. The Kier molecular flexibility index (Phi) is 4.73. The zero-order chi connectivity index (χ0) is 14.7. The zero-order valence-corrected chi connectivity index (χ0v) is 12.1. The summed E-state index contributed by atoms with van der Waals surface area (Å²) in [5, 5.41) is 0. The minimum Gasteiger partial charge on any atom is -0.496 e. The van der Waals surface area contributed by atoms with Crippen LogP contribution in [0.4, 0.5) is 4.39 Å². The monoisotopic (exact) mass is 281 g/mol. The molecular weight excluding hydrogens is 261 g/mol. The number of methoxy groups -OCH3 is 1. The maximum absolute atomic E-state index is 13.3. The largest absolute Gasteiger partial charge is 0.496 e. The Morgan fingerprint density at radius 1 is 1.40 bits per heavy atom.